The van der Waals surface area contributed by atoms with Gasteiger partial charge in [0, 0.05) is 26.6 Å². The Kier molecular flexibility index (Phi) is 6.20. The third-order valence-corrected chi connectivity index (χ3v) is 5.92. The molecule has 1 aliphatic rings. The van der Waals surface area contributed by atoms with Gasteiger partial charge < -0.3 is 16.0 Å². The second kappa shape index (κ2) is 7.96. The van der Waals surface area contributed by atoms with Gasteiger partial charge in [0.15, 0.2) is 0 Å². The molecule has 1 aromatic rings. The number of sulfonamides is 1. The zero-order chi connectivity index (χ0) is 17.7. The van der Waals surface area contributed by atoms with E-state index in [0.717, 1.165) is 35.9 Å². The highest BCUT2D eigenvalue weighted by Gasteiger charge is 2.23. The Morgan fingerprint density at radius 1 is 1.25 bits per heavy atom. The van der Waals surface area contributed by atoms with Gasteiger partial charge in [0.1, 0.15) is 0 Å². The maximum Gasteiger partial charge on any atom is 0.242 e. The summed E-state index contributed by atoms with van der Waals surface area (Å²) in [6, 6.07) is 4.76. The summed E-state index contributed by atoms with van der Waals surface area (Å²) >= 11 is 0. The van der Waals surface area contributed by atoms with E-state index in [1.165, 1.54) is 20.2 Å². The Bertz CT molecular complexity index is 683. The molecule has 0 radical (unpaired) electrons. The third kappa shape index (κ3) is 4.25. The maximum absolute atomic E-state index is 12.5. The highest BCUT2D eigenvalue weighted by atomic mass is 32.2. The molecule has 0 aromatic heterocycles. The minimum atomic E-state index is -3.55. The summed E-state index contributed by atoms with van der Waals surface area (Å²) in [5, 5.41) is 9.29. The Hall–Kier alpha value is -1.64. The number of carbonyl (C=O) groups is 1. The highest BCUT2D eigenvalue weighted by molar-refractivity contribution is 7.89. The molecule has 0 aliphatic carbocycles. The van der Waals surface area contributed by atoms with Gasteiger partial charge in [-0.25, -0.2) is 12.7 Å². The Balaban J connectivity index is 2.29. The first-order valence-electron chi connectivity index (χ1n) is 8.18. The molecule has 1 aromatic carbocycles. The average Bonchev–Trinajstić information content (AvgIpc) is 2.57. The minimum Gasteiger partial charge on any atom is -0.384 e. The molecule has 134 valence electrons. The van der Waals surface area contributed by atoms with Crippen LogP contribution in [0.3, 0.4) is 0 Å². The lowest BCUT2D eigenvalue weighted by atomic mass is 9.97. The summed E-state index contributed by atoms with van der Waals surface area (Å²) < 4.78 is 25.8. The highest BCUT2D eigenvalue weighted by Crippen LogP contribution is 2.28. The molecular weight excluding hydrogens is 328 g/mol. The molecule has 0 spiro atoms. The van der Waals surface area contributed by atoms with Crippen LogP contribution in [-0.4, -0.2) is 52.4 Å². The first-order valence-corrected chi connectivity index (χ1v) is 9.62. The molecule has 1 heterocycles. The summed E-state index contributed by atoms with van der Waals surface area (Å²) in [6.45, 7) is 4.28. The second-order valence-corrected chi connectivity index (χ2v) is 8.19. The molecular formula is C16H26N4O3S. The predicted molar refractivity (Wildman–Crippen MR) is 95.7 cm³/mol. The van der Waals surface area contributed by atoms with Gasteiger partial charge in [-0.15, -0.1) is 0 Å². The topological polar surface area (TPSA) is 90.5 Å². The average molecular weight is 354 g/mol. The van der Waals surface area contributed by atoms with E-state index in [4.69, 9.17) is 0 Å². The molecule has 0 unspecified atom stereocenters. The van der Waals surface area contributed by atoms with E-state index >= 15 is 0 Å². The summed E-state index contributed by atoms with van der Waals surface area (Å²) in [6.07, 6.45) is 1.58. The molecule has 0 saturated carbocycles. The first kappa shape index (κ1) is 18.7. The van der Waals surface area contributed by atoms with Crippen molar-refractivity contribution in [2.75, 3.05) is 44.4 Å². The summed E-state index contributed by atoms with van der Waals surface area (Å²) in [4.78, 5) is 12.7. The van der Waals surface area contributed by atoms with Crippen LogP contribution < -0.4 is 16.0 Å². The SMILES string of the molecule is CCNc1ccc(S(=O)(=O)N(C)C)cc1NC(=O)C1CCNCC1. The van der Waals surface area contributed by atoms with Crippen molar-refractivity contribution in [1.82, 2.24) is 9.62 Å². The fourth-order valence-electron chi connectivity index (χ4n) is 2.66. The molecule has 2 rings (SSSR count). The van der Waals surface area contributed by atoms with Crippen LogP contribution in [0.1, 0.15) is 19.8 Å². The molecule has 0 atom stereocenters. The van der Waals surface area contributed by atoms with Crippen LogP contribution in [0.4, 0.5) is 11.4 Å². The van der Waals surface area contributed by atoms with Crippen LogP contribution in [-0.2, 0) is 14.8 Å². The van der Waals surface area contributed by atoms with Gasteiger partial charge in [-0.2, -0.15) is 0 Å². The maximum atomic E-state index is 12.5. The number of hydrogen-bond donors (Lipinski definition) is 3. The Morgan fingerprint density at radius 3 is 2.50 bits per heavy atom. The van der Waals surface area contributed by atoms with Crippen molar-refractivity contribution in [2.45, 2.75) is 24.7 Å². The van der Waals surface area contributed by atoms with E-state index in [-0.39, 0.29) is 16.7 Å². The van der Waals surface area contributed by atoms with Crippen LogP contribution in [0.2, 0.25) is 0 Å². The van der Waals surface area contributed by atoms with Crippen molar-refractivity contribution in [2.24, 2.45) is 5.92 Å². The molecule has 3 N–H and O–H groups in total. The van der Waals surface area contributed by atoms with Crippen molar-refractivity contribution in [3.8, 4) is 0 Å². The van der Waals surface area contributed by atoms with Crippen LogP contribution in [0.5, 0.6) is 0 Å². The van der Waals surface area contributed by atoms with E-state index in [1.807, 2.05) is 6.92 Å². The minimum absolute atomic E-state index is 0.0464. The van der Waals surface area contributed by atoms with Gasteiger partial charge in [-0.3, -0.25) is 4.79 Å². The zero-order valence-electron chi connectivity index (χ0n) is 14.4. The number of nitrogens with zero attached hydrogens (tertiary/aromatic N) is 1. The first-order chi connectivity index (χ1) is 11.4. The van der Waals surface area contributed by atoms with Gasteiger partial charge in [0.25, 0.3) is 0 Å². The number of anilines is 2. The van der Waals surface area contributed by atoms with E-state index in [1.54, 1.807) is 12.1 Å². The molecule has 7 nitrogen and oxygen atoms in total. The standard InChI is InChI=1S/C16H26N4O3S/c1-4-18-14-6-5-13(24(22,23)20(2)3)11-15(14)19-16(21)12-7-9-17-10-8-12/h5-6,11-12,17-18H,4,7-10H2,1-3H3,(H,19,21). The van der Waals surface area contributed by atoms with Gasteiger partial charge in [0.2, 0.25) is 15.9 Å². The van der Waals surface area contributed by atoms with Gasteiger partial charge in [-0.05, 0) is 51.1 Å². The quantitative estimate of drug-likeness (QED) is 0.716. The lowest BCUT2D eigenvalue weighted by Crippen LogP contribution is -2.34. The zero-order valence-corrected chi connectivity index (χ0v) is 15.2. The monoisotopic (exact) mass is 354 g/mol. The number of amides is 1. The van der Waals surface area contributed by atoms with Crippen molar-refractivity contribution in [3.05, 3.63) is 18.2 Å². The molecule has 24 heavy (non-hydrogen) atoms. The van der Waals surface area contributed by atoms with Crippen LogP contribution in [0.25, 0.3) is 0 Å². The normalized spacial score (nSPS) is 16.2. The molecule has 1 aliphatic heterocycles. The second-order valence-electron chi connectivity index (χ2n) is 6.04. The molecule has 1 fully saturated rings. The van der Waals surface area contributed by atoms with Gasteiger partial charge in [-0.1, -0.05) is 0 Å². The summed E-state index contributed by atoms with van der Waals surface area (Å²) in [5.74, 6) is -0.107. The molecule has 1 amide bonds. The summed E-state index contributed by atoms with van der Waals surface area (Å²) in [7, 11) is -0.574. The fourth-order valence-corrected chi connectivity index (χ4v) is 3.59. The smallest absolute Gasteiger partial charge is 0.242 e. The largest absolute Gasteiger partial charge is 0.384 e. The fraction of sp³-hybridized carbons (Fsp3) is 0.562. The number of carbonyl (C=O) groups excluding carboxylic acids is 1. The van der Waals surface area contributed by atoms with E-state index in [0.29, 0.717) is 12.2 Å². The number of piperidine rings is 1. The number of nitrogens with one attached hydrogen (secondary N) is 3. The Labute approximate surface area is 143 Å². The van der Waals surface area contributed by atoms with E-state index in [2.05, 4.69) is 16.0 Å². The van der Waals surface area contributed by atoms with Crippen molar-refractivity contribution in [1.29, 1.82) is 0 Å². The van der Waals surface area contributed by atoms with Crippen molar-refractivity contribution < 1.29 is 13.2 Å². The molecule has 1 saturated heterocycles. The van der Waals surface area contributed by atoms with Crippen LogP contribution in [0.15, 0.2) is 23.1 Å². The van der Waals surface area contributed by atoms with Crippen LogP contribution in [0, 0.1) is 5.92 Å². The molecule has 8 heteroatoms. The van der Waals surface area contributed by atoms with E-state index in [9.17, 15) is 13.2 Å². The Morgan fingerprint density at radius 2 is 1.92 bits per heavy atom. The lowest BCUT2D eigenvalue weighted by molar-refractivity contribution is -0.120. The van der Waals surface area contributed by atoms with Gasteiger partial charge >= 0.3 is 0 Å². The number of rotatable bonds is 6. The van der Waals surface area contributed by atoms with E-state index < -0.39 is 10.0 Å². The van der Waals surface area contributed by atoms with Crippen molar-refractivity contribution >= 4 is 27.3 Å². The van der Waals surface area contributed by atoms with Crippen molar-refractivity contribution in [3.63, 3.8) is 0 Å². The lowest BCUT2D eigenvalue weighted by Gasteiger charge is -2.23. The molecule has 0 bridgehead atoms. The number of benzene rings is 1. The predicted octanol–water partition coefficient (Wildman–Crippen LogP) is 1.31. The van der Waals surface area contributed by atoms with Gasteiger partial charge in [0.05, 0.1) is 16.3 Å². The van der Waals surface area contributed by atoms with Crippen LogP contribution >= 0.6 is 0 Å². The number of hydrogen-bond acceptors (Lipinski definition) is 5. The third-order valence-electron chi connectivity index (χ3n) is 4.10. The summed E-state index contributed by atoms with van der Waals surface area (Å²) in [5.41, 5.74) is 1.22.